The lowest BCUT2D eigenvalue weighted by atomic mass is 10.1. The highest BCUT2D eigenvalue weighted by Crippen LogP contribution is 2.23. The predicted molar refractivity (Wildman–Crippen MR) is 98.9 cm³/mol. The molecule has 0 atom stereocenters. The average molecular weight is 341 g/mol. The minimum atomic E-state index is -0.266. The van der Waals surface area contributed by atoms with Gasteiger partial charge in [-0.05, 0) is 55.7 Å². The molecule has 2 aromatic rings. The summed E-state index contributed by atoms with van der Waals surface area (Å²) in [5, 5.41) is 5.48. The van der Waals surface area contributed by atoms with Gasteiger partial charge in [-0.1, -0.05) is 18.2 Å². The van der Waals surface area contributed by atoms with Crippen LogP contribution >= 0.6 is 0 Å². The van der Waals surface area contributed by atoms with Crippen molar-refractivity contribution in [3.8, 4) is 5.75 Å². The van der Waals surface area contributed by atoms with Crippen LogP contribution in [0, 0.1) is 20.8 Å². The smallest absolute Gasteiger partial charge is 0.262 e. The maximum atomic E-state index is 12.1. The molecular weight excluding hydrogens is 318 g/mol. The molecule has 0 aliphatic rings. The molecule has 6 heteroatoms. The number of anilines is 2. The van der Waals surface area contributed by atoms with E-state index in [4.69, 9.17) is 10.5 Å². The minimum Gasteiger partial charge on any atom is -0.483 e. The number of benzene rings is 2. The van der Waals surface area contributed by atoms with Gasteiger partial charge in [0.05, 0.1) is 6.54 Å². The fraction of sp³-hybridized carbons (Fsp3) is 0.263. The summed E-state index contributed by atoms with van der Waals surface area (Å²) in [5.74, 6) is 0.219. The lowest BCUT2D eigenvalue weighted by Gasteiger charge is -2.13. The van der Waals surface area contributed by atoms with Crippen LogP contribution in [0.3, 0.4) is 0 Å². The molecule has 0 saturated heterocycles. The van der Waals surface area contributed by atoms with Crippen LogP contribution < -0.4 is 21.1 Å². The van der Waals surface area contributed by atoms with Crippen molar-refractivity contribution in [2.24, 2.45) is 5.73 Å². The van der Waals surface area contributed by atoms with Gasteiger partial charge in [-0.2, -0.15) is 0 Å². The van der Waals surface area contributed by atoms with E-state index in [1.807, 2.05) is 39.0 Å². The minimum absolute atomic E-state index is 0.0726. The number of nitrogens with two attached hydrogens (primary N) is 1. The van der Waals surface area contributed by atoms with Gasteiger partial charge in [-0.15, -0.1) is 0 Å². The molecule has 0 radical (unpaired) electrons. The Labute approximate surface area is 147 Å². The molecule has 0 unspecified atom stereocenters. The highest BCUT2D eigenvalue weighted by atomic mass is 16.5. The van der Waals surface area contributed by atoms with E-state index in [9.17, 15) is 9.59 Å². The topological polar surface area (TPSA) is 93.5 Å². The Hall–Kier alpha value is -2.86. The molecular formula is C19H23N3O3. The molecule has 0 spiro atoms. The molecule has 0 bridgehead atoms. The van der Waals surface area contributed by atoms with E-state index >= 15 is 0 Å². The first-order valence-corrected chi connectivity index (χ1v) is 8.00. The van der Waals surface area contributed by atoms with Gasteiger partial charge >= 0.3 is 0 Å². The molecule has 0 aromatic heterocycles. The third-order valence-electron chi connectivity index (χ3n) is 3.73. The third kappa shape index (κ3) is 5.06. The van der Waals surface area contributed by atoms with E-state index in [-0.39, 0.29) is 25.0 Å². The molecule has 2 aromatic carbocycles. The second kappa shape index (κ2) is 8.30. The van der Waals surface area contributed by atoms with E-state index < -0.39 is 0 Å². The van der Waals surface area contributed by atoms with E-state index in [1.54, 1.807) is 18.2 Å². The second-order valence-electron chi connectivity index (χ2n) is 5.84. The number of rotatable bonds is 6. The SMILES string of the molecule is Cc1cc(NC(=O)CN)ccc1NC(=O)COc1c(C)cccc1C. The fourth-order valence-corrected chi connectivity index (χ4v) is 2.44. The van der Waals surface area contributed by atoms with Crippen LogP contribution in [0.25, 0.3) is 0 Å². The summed E-state index contributed by atoms with van der Waals surface area (Å²) in [6.07, 6.45) is 0. The number of hydrogen-bond donors (Lipinski definition) is 3. The number of aryl methyl sites for hydroxylation is 3. The van der Waals surface area contributed by atoms with Gasteiger partial charge in [0.1, 0.15) is 5.75 Å². The second-order valence-corrected chi connectivity index (χ2v) is 5.84. The molecule has 0 aliphatic carbocycles. The van der Waals surface area contributed by atoms with Gasteiger partial charge in [0.25, 0.3) is 5.91 Å². The molecule has 0 fully saturated rings. The summed E-state index contributed by atoms with van der Waals surface area (Å²) in [6.45, 7) is 5.58. The maximum absolute atomic E-state index is 12.1. The summed E-state index contributed by atoms with van der Waals surface area (Å²) in [4.78, 5) is 23.5. The number of hydrogen-bond acceptors (Lipinski definition) is 4. The van der Waals surface area contributed by atoms with Crippen LogP contribution in [-0.2, 0) is 9.59 Å². The highest BCUT2D eigenvalue weighted by Gasteiger charge is 2.09. The molecule has 25 heavy (non-hydrogen) atoms. The Morgan fingerprint density at radius 2 is 1.64 bits per heavy atom. The fourth-order valence-electron chi connectivity index (χ4n) is 2.44. The number of amides is 2. The van der Waals surface area contributed by atoms with Gasteiger partial charge in [0.2, 0.25) is 5.91 Å². The number of ether oxygens (including phenoxy) is 1. The zero-order valence-electron chi connectivity index (χ0n) is 14.7. The summed E-state index contributed by atoms with van der Waals surface area (Å²) in [5.41, 5.74) is 9.39. The third-order valence-corrected chi connectivity index (χ3v) is 3.73. The van der Waals surface area contributed by atoms with Crippen molar-refractivity contribution in [3.63, 3.8) is 0 Å². The van der Waals surface area contributed by atoms with Crippen LogP contribution in [0.15, 0.2) is 36.4 Å². The summed E-state index contributed by atoms with van der Waals surface area (Å²) >= 11 is 0. The van der Waals surface area contributed by atoms with Crippen molar-refractivity contribution in [1.29, 1.82) is 0 Å². The van der Waals surface area contributed by atoms with Crippen molar-refractivity contribution in [3.05, 3.63) is 53.1 Å². The zero-order valence-corrected chi connectivity index (χ0v) is 14.7. The highest BCUT2D eigenvalue weighted by molar-refractivity contribution is 5.94. The lowest BCUT2D eigenvalue weighted by Crippen LogP contribution is -2.22. The van der Waals surface area contributed by atoms with Crippen molar-refractivity contribution in [2.45, 2.75) is 20.8 Å². The van der Waals surface area contributed by atoms with Crippen LogP contribution in [-0.4, -0.2) is 25.0 Å². The van der Waals surface area contributed by atoms with E-state index in [1.165, 1.54) is 0 Å². The van der Waals surface area contributed by atoms with Crippen LogP contribution in [0.2, 0.25) is 0 Å². The lowest BCUT2D eigenvalue weighted by molar-refractivity contribution is -0.118. The zero-order chi connectivity index (χ0) is 18.4. The summed E-state index contributed by atoms with van der Waals surface area (Å²) in [6, 6.07) is 11.1. The number of carbonyl (C=O) groups excluding carboxylic acids is 2. The molecule has 0 saturated carbocycles. The monoisotopic (exact) mass is 341 g/mol. The van der Waals surface area contributed by atoms with Gasteiger partial charge < -0.3 is 21.1 Å². The van der Waals surface area contributed by atoms with Gasteiger partial charge in [0, 0.05) is 11.4 Å². The van der Waals surface area contributed by atoms with E-state index in [0.29, 0.717) is 11.4 Å². The van der Waals surface area contributed by atoms with Crippen LogP contribution in [0.1, 0.15) is 16.7 Å². The first-order chi connectivity index (χ1) is 11.9. The molecule has 0 heterocycles. The molecule has 2 rings (SSSR count). The van der Waals surface area contributed by atoms with Crippen molar-refractivity contribution >= 4 is 23.2 Å². The first kappa shape index (κ1) is 18.5. The van der Waals surface area contributed by atoms with Crippen LogP contribution in [0.4, 0.5) is 11.4 Å². The number of nitrogens with one attached hydrogen (secondary N) is 2. The number of para-hydroxylation sites is 1. The van der Waals surface area contributed by atoms with Gasteiger partial charge in [-0.3, -0.25) is 9.59 Å². The van der Waals surface area contributed by atoms with E-state index in [2.05, 4.69) is 10.6 Å². The Morgan fingerprint density at radius 3 is 2.24 bits per heavy atom. The van der Waals surface area contributed by atoms with Crippen molar-refractivity contribution in [1.82, 2.24) is 0 Å². The Kier molecular flexibility index (Phi) is 6.14. The van der Waals surface area contributed by atoms with Crippen molar-refractivity contribution < 1.29 is 14.3 Å². The standard InChI is InChI=1S/C19H23N3O3/c1-12-5-4-6-13(2)19(12)25-11-18(24)22-16-8-7-15(9-14(16)3)21-17(23)10-20/h4-9H,10-11,20H2,1-3H3,(H,21,23)(H,22,24). The Bertz CT molecular complexity index is 767. The first-order valence-electron chi connectivity index (χ1n) is 8.00. The van der Waals surface area contributed by atoms with Gasteiger partial charge in [-0.25, -0.2) is 0 Å². The summed E-state index contributed by atoms with van der Waals surface area (Å²) in [7, 11) is 0. The quantitative estimate of drug-likeness (QED) is 0.752. The normalized spacial score (nSPS) is 10.2. The van der Waals surface area contributed by atoms with Crippen molar-refractivity contribution in [2.75, 3.05) is 23.8 Å². The molecule has 132 valence electrons. The molecule has 2 amide bonds. The molecule has 4 N–H and O–H groups in total. The maximum Gasteiger partial charge on any atom is 0.262 e. The van der Waals surface area contributed by atoms with Crippen LogP contribution in [0.5, 0.6) is 5.75 Å². The largest absolute Gasteiger partial charge is 0.483 e. The Morgan fingerprint density at radius 1 is 0.960 bits per heavy atom. The molecule has 6 nitrogen and oxygen atoms in total. The summed E-state index contributed by atoms with van der Waals surface area (Å²) < 4.78 is 5.65. The predicted octanol–water partition coefficient (Wildman–Crippen LogP) is 2.53. The molecule has 0 aliphatic heterocycles. The Balaban J connectivity index is 1.97. The number of carbonyl (C=O) groups is 2. The average Bonchev–Trinajstić information content (AvgIpc) is 2.56. The van der Waals surface area contributed by atoms with E-state index in [0.717, 1.165) is 22.4 Å². The van der Waals surface area contributed by atoms with Gasteiger partial charge in [0.15, 0.2) is 6.61 Å².